The number of anilines is 1. The van der Waals surface area contributed by atoms with Crippen LogP contribution in [0, 0.1) is 5.92 Å². The van der Waals surface area contributed by atoms with E-state index in [2.05, 4.69) is 10.0 Å². The van der Waals surface area contributed by atoms with Gasteiger partial charge in [-0.15, -0.1) is 0 Å². The smallest absolute Gasteiger partial charge is 0.308 e. The monoisotopic (exact) mass is 374 g/mol. The minimum Gasteiger partial charge on any atom is -0.469 e. The predicted molar refractivity (Wildman–Crippen MR) is 93.7 cm³/mol. The molecule has 1 aromatic rings. The first kappa shape index (κ1) is 19.0. The summed E-state index contributed by atoms with van der Waals surface area (Å²) in [6.07, 6.45) is 2.49. The molecule has 1 fully saturated rings. The molecule has 6 nitrogen and oxygen atoms in total. The maximum Gasteiger partial charge on any atom is 0.308 e. The van der Waals surface area contributed by atoms with Gasteiger partial charge in [0, 0.05) is 12.6 Å². The van der Waals surface area contributed by atoms with Crippen LogP contribution < -0.4 is 10.0 Å². The van der Waals surface area contributed by atoms with Crippen molar-refractivity contribution >= 4 is 33.3 Å². The van der Waals surface area contributed by atoms with E-state index < -0.39 is 10.0 Å². The van der Waals surface area contributed by atoms with Crippen LogP contribution in [0.25, 0.3) is 0 Å². The van der Waals surface area contributed by atoms with E-state index in [1.54, 1.807) is 6.07 Å². The van der Waals surface area contributed by atoms with E-state index in [1.165, 1.54) is 19.2 Å². The van der Waals surface area contributed by atoms with Crippen molar-refractivity contribution in [2.75, 3.05) is 19.0 Å². The fourth-order valence-corrected chi connectivity index (χ4v) is 4.41. The van der Waals surface area contributed by atoms with Crippen molar-refractivity contribution in [2.24, 2.45) is 5.92 Å². The summed E-state index contributed by atoms with van der Waals surface area (Å²) in [4.78, 5) is 11.7. The summed E-state index contributed by atoms with van der Waals surface area (Å²) >= 11 is 6.05. The van der Waals surface area contributed by atoms with E-state index in [-0.39, 0.29) is 22.8 Å². The van der Waals surface area contributed by atoms with Crippen molar-refractivity contribution in [2.45, 2.75) is 43.5 Å². The number of halogens is 1. The molecule has 0 atom stereocenters. The lowest BCUT2D eigenvalue weighted by atomic mass is 9.86. The highest BCUT2D eigenvalue weighted by Gasteiger charge is 2.29. The molecule has 24 heavy (non-hydrogen) atoms. The van der Waals surface area contributed by atoms with Gasteiger partial charge >= 0.3 is 5.97 Å². The number of hydrogen-bond donors (Lipinski definition) is 2. The van der Waals surface area contributed by atoms with Crippen LogP contribution in [0.5, 0.6) is 0 Å². The molecule has 0 spiro atoms. The number of benzene rings is 1. The third-order valence-corrected chi connectivity index (χ3v) is 6.05. The van der Waals surface area contributed by atoms with Crippen LogP contribution in [-0.2, 0) is 19.6 Å². The van der Waals surface area contributed by atoms with E-state index in [0.29, 0.717) is 42.9 Å². The molecule has 1 aliphatic rings. The maximum atomic E-state index is 12.6. The number of rotatable bonds is 6. The zero-order chi connectivity index (χ0) is 17.7. The molecule has 0 heterocycles. The van der Waals surface area contributed by atoms with Gasteiger partial charge in [0.2, 0.25) is 10.0 Å². The normalized spacial score (nSPS) is 21.3. The zero-order valence-electron chi connectivity index (χ0n) is 13.8. The quantitative estimate of drug-likeness (QED) is 0.748. The molecule has 0 amide bonds. The molecule has 1 aliphatic carbocycles. The Morgan fingerprint density at radius 3 is 2.54 bits per heavy atom. The van der Waals surface area contributed by atoms with Crippen LogP contribution in [0.2, 0.25) is 5.02 Å². The van der Waals surface area contributed by atoms with Crippen molar-refractivity contribution in [3.8, 4) is 0 Å². The summed E-state index contributed by atoms with van der Waals surface area (Å²) in [5.41, 5.74) is 0.594. The van der Waals surface area contributed by atoms with Gasteiger partial charge in [-0.2, -0.15) is 0 Å². The molecule has 0 unspecified atom stereocenters. The fourth-order valence-electron chi connectivity index (χ4n) is 2.90. The lowest BCUT2D eigenvalue weighted by Gasteiger charge is -2.27. The molecule has 0 saturated heterocycles. The van der Waals surface area contributed by atoms with Gasteiger partial charge in [0.15, 0.2) is 0 Å². The van der Waals surface area contributed by atoms with Gasteiger partial charge in [0.05, 0.1) is 28.6 Å². The van der Waals surface area contributed by atoms with E-state index in [0.717, 1.165) is 0 Å². The highest BCUT2D eigenvalue weighted by atomic mass is 35.5. The Hall–Kier alpha value is -1.31. The molecule has 0 bridgehead atoms. The highest BCUT2D eigenvalue weighted by molar-refractivity contribution is 7.89. The van der Waals surface area contributed by atoms with Gasteiger partial charge in [0.1, 0.15) is 0 Å². The Labute approximate surface area is 148 Å². The minimum atomic E-state index is -3.63. The standard InChI is InChI=1S/C16H23ClN2O4S/c1-3-18-15-10-13(8-9-14(15)17)24(21,22)19-12-6-4-11(5-7-12)16(20)23-2/h8-12,18-19H,3-7H2,1-2H3. The Balaban J connectivity index is 2.04. The number of ether oxygens (including phenoxy) is 1. The lowest BCUT2D eigenvalue weighted by molar-refractivity contribution is -0.146. The number of methoxy groups -OCH3 is 1. The van der Waals surface area contributed by atoms with Gasteiger partial charge in [-0.05, 0) is 50.8 Å². The second-order valence-corrected chi connectivity index (χ2v) is 7.99. The van der Waals surface area contributed by atoms with Crippen LogP contribution in [0.4, 0.5) is 5.69 Å². The number of sulfonamides is 1. The van der Waals surface area contributed by atoms with Gasteiger partial charge in [-0.1, -0.05) is 11.6 Å². The van der Waals surface area contributed by atoms with Crippen molar-refractivity contribution in [3.63, 3.8) is 0 Å². The first-order valence-electron chi connectivity index (χ1n) is 8.01. The number of carbonyl (C=O) groups excluding carboxylic acids is 1. The Morgan fingerprint density at radius 2 is 1.96 bits per heavy atom. The van der Waals surface area contributed by atoms with Crippen LogP contribution in [0.3, 0.4) is 0 Å². The Morgan fingerprint density at radius 1 is 1.29 bits per heavy atom. The second-order valence-electron chi connectivity index (χ2n) is 5.86. The third kappa shape index (κ3) is 4.62. The van der Waals surface area contributed by atoms with E-state index in [1.807, 2.05) is 6.92 Å². The van der Waals surface area contributed by atoms with Gasteiger partial charge in [0.25, 0.3) is 0 Å². The first-order chi connectivity index (χ1) is 11.4. The van der Waals surface area contributed by atoms with Crippen molar-refractivity contribution < 1.29 is 17.9 Å². The molecule has 1 saturated carbocycles. The molecule has 0 radical (unpaired) electrons. The van der Waals surface area contributed by atoms with Gasteiger partial charge in [-0.3, -0.25) is 4.79 Å². The molecule has 2 N–H and O–H groups in total. The summed E-state index contributed by atoms with van der Waals surface area (Å²) < 4.78 is 32.6. The maximum absolute atomic E-state index is 12.6. The summed E-state index contributed by atoms with van der Waals surface area (Å²) in [6, 6.07) is 4.43. The molecule has 8 heteroatoms. The van der Waals surface area contributed by atoms with Crippen molar-refractivity contribution in [3.05, 3.63) is 23.2 Å². The van der Waals surface area contributed by atoms with E-state index >= 15 is 0 Å². The summed E-state index contributed by atoms with van der Waals surface area (Å²) in [5.74, 6) is -0.351. The van der Waals surface area contributed by atoms with Crippen molar-refractivity contribution in [1.29, 1.82) is 0 Å². The largest absolute Gasteiger partial charge is 0.469 e. The molecule has 0 aromatic heterocycles. The SMILES string of the molecule is CCNc1cc(S(=O)(=O)NC2CCC(C(=O)OC)CC2)ccc1Cl. The topological polar surface area (TPSA) is 84.5 Å². The van der Waals surface area contributed by atoms with Crippen LogP contribution in [-0.4, -0.2) is 34.1 Å². The molecule has 1 aromatic carbocycles. The molecular weight excluding hydrogens is 352 g/mol. The Kier molecular flexibility index (Phi) is 6.48. The summed E-state index contributed by atoms with van der Waals surface area (Å²) in [5, 5.41) is 3.52. The number of esters is 1. The number of nitrogens with one attached hydrogen (secondary N) is 2. The van der Waals surface area contributed by atoms with Crippen molar-refractivity contribution in [1.82, 2.24) is 4.72 Å². The van der Waals surface area contributed by atoms with Crippen LogP contribution in [0.15, 0.2) is 23.1 Å². The number of carbonyl (C=O) groups is 1. The van der Waals surface area contributed by atoms with E-state index in [9.17, 15) is 13.2 Å². The third-order valence-electron chi connectivity index (χ3n) is 4.20. The van der Waals surface area contributed by atoms with Crippen LogP contribution in [0.1, 0.15) is 32.6 Å². The number of hydrogen-bond acceptors (Lipinski definition) is 5. The second kappa shape index (κ2) is 8.18. The van der Waals surface area contributed by atoms with Gasteiger partial charge < -0.3 is 10.1 Å². The average molecular weight is 375 g/mol. The minimum absolute atomic E-state index is 0.133. The lowest BCUT2D eigenvalue weighted by Crippen LogP contribution is -2.38. The van der Waals surface area contributed by atoms with E-state index in [4.69, 9.17) is 16.3 Å². The molecule has 134 valence electrons. The summed E-state index contributed by atoms with van der Waals surface area (Å²) in [6.45, 7) is 2.56. The average Bonchev–Trinajstić information content (AvgIpc) is 2.56. The van der Waals surface area contributed by atoms with Crippen LogP contribution >= 0.6 is 11.6 Å². The highest BCUT2D eigenvalue weighted by Crippen LogP contribution is 2.28. The van der Waals surface area contributed by atoms with Gasteiger partial charge in [-0.25, -0.2) is 13.1 Å². The fraction of sp³-hybridized carbons (Fsp3) is 0.562. The molecular formula is C16H23ClN2O4S. The molecule has 2 rings (SSSR count). The summed E-state index contributed by atoms with van der Waals surface area (Å²) in [7, 11) is -2.25. The Bertz CT molecular complexity index is 685. The first-order valence-corrected chi connectivity index (χ1v) is 9.87. The predicted octanol–water partition coefficient (Wildman–Crippen LogP) is 2.78. The zero-order valence-corrected chi connectivity index (χ0v) is 15.4. The molecule has 0 aliphatic heterocycles.